The number of nitrogens with zero attached hydrogens (tertiary/aromatic N) is 2. The van der Waals surface area contributed by atoms with E-state index in [1.165, 1.54) is 4.90 Å². The SMILES string of the molecule is O=C1[C@@H]2[C@@H](C(=O)N1c1ccccc1I)N2c1ccccc1. The van der Waals surface area contributed by atoms with Crippen LogP contribution in [0.25, 0.3) is 0 Å². The first-order chi connectivity index (χ1) is 10.2. The molecule has 0 bridgehead atoms. The topological polar surface area (TPSA) is 40.4 Å². The van der Waals surface area contributed by atoms with Crippen LogP contribution in [0.3, 0.4) is 0 Å². The molecule has 0 unspecified atom stereocenters. The molecular weight excluding hydrogens is 379 g/mol. The predicted molar refractivity (Wildman–Crippen MR) is 88.1 cm³/mol. The Bertz CT molecular complexity index is 725. The summed E-state index contributed by atoms with van der Waals surface area (Å²) < 4.78 is 0.907. The number of anilines is 2. The second kappa shape index (κ2) is 4.56. The number of imide groups is 1. The fourth-order valence-electron chi connectivity index (χ4n) is 2.90. The Balaban J connectivity index is 1.66. The molecule has 2 aromatic carbocycles. The van der Waals surface area contributed by atoms with E-state index in [1.807, 2.05) is 59.5 Å². The van der Waals surface area contributed by atoms with Crippen LogP contribution in [-0.4, -0.2) is 23.9 Å². The van der Waals surface area contributed by atoms with Gasteiger partial charge < -0.3 is 4.90 Å². The van der Waals surface area contributed by atoms with Crippen LogP contribution in [0.5, 0.6) is 0 Å². The lowest BCUT2D eigenvalue weighted by Gasteiger charge is -2.21. The van der Waals surface area contributed by atoms with E-state index < -0.39 is 0 Å². The Morgan fingerprint density at radius 3 is 2.00 bits per heavy atom. The molecule has 4 rings (SSSR count). The van der Waals surface area contributed by atoms with Crippen LogP contribution in [0.2, 0.25) is 0 Å². The maximum Gasteiger partial charge on any atom is 0.259 e. The number of benzene rings is 2. The lowest BCUT2D eigenvalue weighted by atomic mass is 10.3. The number of rotatable bonds is 2. The standard InChI is InChI=1S/C16H11IN2O2/c17-11-8-4-5-9-12(11)19-15(20)13-14(16(19)21)18(13)10-6-2-1-3-7-10/h1-9,13-14H/t13-,14-/m0/s1. The molecule has 0 N–H and O–H groups in total. The second-order valence-electron chi connectivity index (χ2n) is 5.10. The number of hydrogen-bond donors (Lipinski definition) is 0. The zero-order valence-corrected chi connectivity index (χ0v) is 13.1. The van der Waals surface area contributed by atoms with Crippen molar-refractivity contribution in [1.82, 2.24) is 0 Å². The third-order valence-electron chi connectivity index (χ3n) is 3.90. The van der Waals surface area contributed by atoms with E-state index in [1.54, 1.807) is 0 Å². The molecule has 0 saturated carbocycles. The summed E-state index contributed by atoms with van der Waals surface area (Å²) in [4.78, 5) is 28.3. The van der Waals surface area contributed by atoms with Crippen LogP contribution in [0.1, 0.15) is 0 Å². The number of carbonyl (C=O) groups is 2. The van der Waals surface area contributed by atoms with E-state index in [4.69, 9.17) is 0 Å². The molecule has 104 valence electrons. The van der Waals surface area contributed by atoms with E-state index in [-0.39, 0.29) is 23.9 Å². The third kappa shape index (κ3) is 1.80. The minimum Gasteiger partial charge on any atom is -0.343 e. The van der Waals surface area contributed by atoms with Gasteiger partial charge >= 0.3 is 0 Å². The number of halogens is 1. The fraction of sp³-hybridized carbons (Fsp3) is 0.125. The molecule has 2 aliphatic heterocycles. The number of para-hydroxylation sites is 2. The van der Waals surface area contributed by atoms with Gasteiger partial charge in [0.15, 0.2) is 0 Å². The second-order valence-corrected chi connectivity index (χ2v) is 6.26. The largest absolute Gasteiger partial charge is 0.343 e. The van der Waals surface area contributed by atoms with E-state index in [9.17, 15) is 9.59 Å². The smallest absolute Gasteiger partial charge is 0.259 e. The van der Waals surface area contributed by atoms with Crippen LogP contribution in [-0.2, 0) is 9.59 Å². The summed E-state index contributed by atoms with van der Waals surface area (Å²) in [5.74, 6) is -0.254. The number of piperazine rings is 1. The van der Waals surface area contributed by atoms with Crippen molar-refractivity contribution < 1.29 is 9.59 Å². The fourth-order valence-corrected chi connectivity index (χ4v) is 3.53. The molecule has 2 heterocycles. The Labute approximate surface area is 135 Å². The van der Waals surface area contributed by atoms with E-state index in [0.717, 1.165) is 9.26 Å². The van der Waals surface area contributed by atoms with Gasteiger partial charge in [-0.1, -0.05) is 30.3 Å². The van der Waals surface area contributed by atoms with Crippen molar-refractivity contribution in [3.8, 4) is 0 Å². The molecule has 2 amide bonds. The lowest BCUT2D eigenvalue weighted by molar-refractivity contribution is -0.122. The average Bonchev–Trinajstić information content (AvgIpc) is 3.20. The minimum absolute atomic E-state index is 0.127. The van der Waals surface area contributed by atoms with E-state index >= 15 is 0 Å². The maximum absolute atomic E-state index is 12.6. The summed E-state index contributed by atoms with van der Waals surface area (Å²) in [7, 11) is 0. The molecule has 0 spiro atoms. The first-order valence-electron chi connectivity index (χ1n) is 6.66. The van der Waals surface area contributed by atoms with E-state index in [0.29, 0.717) is 5.69 Å². The molecule has 2 aliphatic rings. The van der Waals surface area contributed by atoms with Crippen LogP contribution < -0.4 is 9.80 Å². The molecule has 2 atom stereocenters. The van der Waals surface area contributed by atoms with Crippen molar-refractivity contribution in [2.24, 2.45) is 0 Å². The first kappa shape index (κ1) is 12.8. The van der Waals surface area contributed by atoms with Gasteiger partial charge in [-0.05, 0) is 46.9 Å². The van der Waals surface area contributed by atoms with Gasteiger partial charge in [0.2, 0.25) is 0 Å². The van der Waals surface area contributed by atoms with Crippen molar-refractivity contribution in [1.29, 1.82) is 0 Å². The van der Waals surface area contributed by atoms with Gasteiger partial charge in [-0.2, -0.15) is 0 Å². The molecule has 0 radical (unpaired) electrons. The highest BCUT2D eigenvalue weighted by atomic mass is 127. The Kier molecular flexibility index (Phi) is 2.78. The van der Waals surface area contributed by atoms with Gasteiger partial charge in [-0.25, -0.2) is 4.90 Å². The van der Waals surface area contributed by atoms with Crippen molar-refractivity contribution in [2.75, 3.05) is 9.80 Å². The molecule has 2 fully saturated rings. The molecule has 5 heteroatoms. The zero-order chi connectivity index (χ0) is 14.6. The first-order valence-corrected chi connectivity index (χ1v) is 7.74. The lowest BCUT2D eigenvalue weighted by Crippen LogP contribution is -2.39. The Morgan fingerprint density at radius 2 is 1.38 bits per heavy atom. The van der Waals surface area contributed by atoms with E-state index in [2.05, 4.69) is 22.6 Å². The number of hydrogen-bond acceptors (Lipinski definition) is 3. The molecule has 2 aromatic rings. The van der Waals surface area contributed by atoms with Crippen LogP contribution in [0.15, 0.2) is 54.6 Å². The molecule has 4 nitrogen and oxygen atoms in total. The van der Waals surface area contributed by atoms with Gasteiger partial charge in [0, 0.05) is 9.26 Å². The number of carbonyl (C=O) groups excluding carboxylic acids is 2. The van der Waals surface area contributed by atoms with Gasteiger partial charge in [-0.3, -0.25) is 9.59 Å². The van der Waals surface area contributed by atoms with Gasteiger partial charge in [0.1, 0.15) is 12.1 Å². The highest BCUT2D eigenvalue weighted by molar-refractivity contribution is 14.1. The van der Waals surface area contributed by atoms with Gasteiger partial charge in [-0.15, -0.1) is 0 Å². The van der Waals surface area contributed by atoms with Crippen molar-refractivity contribution in [3.63, 3.8) is 0 Å². The summed E-state index contributed by atoms with van der Waals surface area (Å²) in [6.07, 6.45) is 0. The molecule has 0 aromatic heterocycles. The predicted octanol–water partition coefficient (Wildman–Crippen LogP) is 2.42. The van der Waals surface area contributed by atoms with Crippen LogP contribution in [0.4, 0.5) is 11.4 Å². The van der Waals surface area contributed by atoms with Crippen LogP contribution in [0, 0.1) is 3.57 Å². The molecule has 21 heavy (non-hydrogen) atoms. The van der Waals surface area contributed by atoms with Crippen molar-refractivity contribution in [2.45, 2.75) is 12.1 Å². The van der Waals surface area contributed by atoms with Gasteiger partial charge in [0.25, 0.3) is 11.8 Å². The normalized spacial score (nSPS) is 23.5. The molecular formula is C16H11IN2O2. The summed E-state index contributed by atoms with van der Waals surface area (Å²) in [5, 5.41) is 0. The highest BCUT2D eigenvalue weighted by Crippen LogP contribution is 2.44. The summed E-state index contributed by atoms with van der Waals surface area (Å²) in [6, 6.07) is 16.4. The van der Waals surface area contributed by atoms with Crippen molar-refractivity contribution in [3.05, 3.63) is 58.2 Å². The third-order valence-corrected chi connectivity index (χ3v) is 4.82. The quantitative estimate of drug-likeness (QED) is 0.449. The number of fused-ring (bicyclic) bond motifs is 1. The molecule has 2 saturated heterocycles. The Morgan fingerprint density at radius 1 is 0.810 bits per heavy atom. The van der Waals surface area contributed by atoms with Gasteiger partial charge in [0.05, 0.1) is 5.69 Å². The van der Waals surface area contributed by atoms with Crippen LogP contribution >= 0.6 is 22.6 Å². The minimum atomic E-state index is -0.337. The maximum atomic E-state index is 12.6. The average molecular weight is 390 g/mol. The molecule has 0 aliphatic carbocycles. The Hall–Kier alpha value is -1.89. The number of amides is 2. The summed E-state index contributed by atoms with van der Waals surface area (Å²) in [6.45, 7) is 0. The monoisotopic (exact) mass is 390 g/mol. The zero-order valence-electron chi connectivity index (χ0n) is 10.9. The highest BCUT2D eigenvalue weighted by Gasteiger charge is 2.66. The summed E-state index contributed by atoms with van der Waals surface area (Å²) in [5.41, 5.74) is 1.62. The summed E-state index contributed by atoms with van der Waals surface area (Å²) >= 11 is 2.15. The van der Waals surface area contributed by atoms with Crippen molar-refractivity contribution >= 4 is 45.8 Å².